The molecule has 176 valence electrons. The van der Waals surface area contributed by atoms with E-state index in [4.69, 9.17) is 0 Å². The molecule has 1 N–H and O–H groups in total. The molecule has 5 atom stereocenters. The minimum atomic E-state index is 0.0394. The number of amides is 2. The molecule has 0 aromatic rings. The van der Waals surface area contributed by atoms with Crippen LogP contribution in [0.3, 0.4) is 0 Å². The number of nitrogens with zero attached hydrogens (tertiary/aromatic N) is 4. The van der Waals surface area contributed by atoms with Crippen LogP contribution in [-0.4, -0.2) is 85.3 Å². The largest absolute Gasteiger partial charge is 0.336 e. The monoisotopic (exact) mass is 431 g/mol. The second-order valence-corrected chi connectivity index (χ2v) is 10.4. The SMILES string of the molecule is CC1CC2=C(CN1C)N=CC2.CC1CCC2CCCCC2N1C.CC1CNC(=O)N1C. The fourth-order valence-electron chi connectivity index (χ4n) is 5.48. The molecule has 2 saturated heterocycles. The fourth-order valence-corrected chi connectivity index (χ4v) is 5.48. The molecule has 0 bridgehead atoms. The lowest BCUT2D eigenvalue weighted by molar-refractivity contribution is 0.0447. The normalized spacial score (nSPS) is 35.5. The summed E-state index contributed by atoms with van der Waals surface area (Å²) >= 11 is 0. The highest BCUT2D eigenvalue weighted by molar-refractivity contribution is 5.76. The van der Waals surface area contributed by atoms with Gasteiger partial charge in [-0.2, -0.15) is 0 Å². The zero-order valence-electron chi connectivity index (χ0n) is 20.7. The van der Waals surface area contributed by atoms with E-state index in [0.29, 0.717) is 12.1 Å². The van der Waals surface area contributed by atoms with Gasteiger partial charge in [-0.05, 0) is 78.5 Å². The lowest BCUT2D eigenvalue weighted by Crippen LogP contribution is -2.48. The molecule has 3 fully saturated rings. The van der Waals surface area contributed by atoms with Crippen molar-refractivity contribution in [2.75, 3.05) is 34.2 Å². The first-order valence-corrected chi connectivity index (χ1v) is 12.4. The third kappa shape index (κ3) is 6.10. The van der Waals surface area contributed by atoms with Gasteiger partial charge in [-0.1, -0.05) is 12.8 Å². The smallest absolute Gasteiger partial charge is 0.317 e. The molecule has 5 unspecified atom stereocenters. The van der Waals surface area contributed by atoms with E-state index in [-0.39, 0.29) is 6.03 Å². The quantitative estimate of drug-likeness (QED) is 0.627. The number of piperidine rings is 1. The third-order valence-corrected chi connectivity index (χ3v) is 8.26. The molecule has 31 heavy (non-hydrogen) atoms. The summed E-state index contributed by atoms with van der Waals surface area (Å²) in [6, 6.07) is 2.88. The topological polar surface area (TPSA) is 51.2 Å². The second-order valence-electron chi connectivity index (χ2n) is 10.4. The maximum Gasteiger partial charge on any atom is 0.317 e. The van der Waals surface area contributed by atoms with E-state index < -0.39 is 0 Å². The molecule has 2 amide bonds. The third-order valence-electron chi connectivity index (χ3n) is 8.26. The maximum atomic E-state index is 10.6. The molecule has 0 radical (unpaired) electrons. The van der Waals surface area contributed by atoms with Gasteiger partial charge in [-0.15, -0.1) is 0 Å². The van der Waals surface area contributed by atoms with Crippen molar-refractivity contribution in [2.45, 2.75) is 96.3 Å². The van der Waals surface area contributed by atoms with Gasteiger partial charge in [0.2, 0.25) is 0 Å². The molecule has 1 saturated carbocycles. The zero-order valence-corrected chi connectivity index (χ0v) is 20.7. The van der Waals surface area contributed by atoms with Crippen molar-refractivity contribution in [1.29, 1.82) is 0 Å². The Morgan fingerprint density at radius 3 is 2.35 bits per heavy atom. The van der Waals surface area contributed by atoms with Crippen molar-refractivity contribution in [3.05, 3.63) is 11.3 Å². The van der Waals surface area contributed by atoms with Crippen molar-refractivity contribution in [3.63, 3.8) is 0 Å². The molecular weight excluding hydrogens is 386 g/mol. The Morgan fingerprint density at radius 1 is 0.968 bits per heavy atom. The maximum absolute atomic E-state index is 10.6. The summed E-state index contributed by atoms with van der Waals surface area (Å²) in [6.45, 7) is 8.51. The number of hydrogen-bond acceptors (Lipinski definition) is 4. The number of rotatable bonds is 0. The van der Waals surface area contributed by atoms with Gasteiger partial charge in [0.05, 0.1) is 5.70 Å². The minimum Gasteiger partial charge on any atom is -0.336 e. The number of likely N-dealkylation sites (tertiary alicyclic amines) is 1. The summed E-state index contributed by atoms with van der Waals surface area (Å²) in [5.74, 6) is 1.04. The molecule has 0 aromatic heterocycles. The van der Waals surface area contributed by atoms with E-state index >= 15 is 0 Å². The van der Waals surface area contributed by atoms with E-state index in [2.05, 4.69) is 48.1 Å². The average Bonchev–Trinajstić information content (AvgIpc) is 3.33. The Kier molecular flexibility index (Phi) is 8.57. The molecule has 4 heterocycles. The number of fused-ring (bicyclic) bond motifs is 1. The van der Waals surface area contributed by atoms with Gasteiger partial charge in [0.25, 0.3) is 0 Å². The second kappa shape index (κ2) is 11.0. The van der Waals surface area contributed by atoms with Crippen LogP contribution in [0, 0.1) is 5.92 Å². The number of carbonyl (C=O) groups excluding carboxylic acids is 1. The van der Waals surface area contributed by atoms with Crippen molar-refractivity contribution in [3.8, 4) is 0 Å². The van der Waals surface area contributed by atoms with Gasteiger partial charge >= 0.3 is 6.03 Å². The molecule has 5 rings (SSSR count). The van der Waals surface area contributed by atoms with Crippen LogP contribution in [0.1, 0.15) is 72.1 Å². The highest BCUT2D eigenvalue weighted by Gasteiger charge is 2.34. The Bertz CT molecular complexity index is 673. The number of hydrogen-bond donors (Lipinski definition) is 1. The number of nitrogens with one attached hydrogen (secondary N) is 1. The van der Waals surface area contributed by atoms with E-state index in [0.717, 1.165) is 37.5 Å². The molecule has 0 spiro atoms. The van der Waals surface area contributed by atoms with Crippen molar-refractivity contribution < 1.29 is 4.79 Å². The molecule has 1 aliphatic carbocycles. The van der Waals surface area contributed by atoms with E-state index in [9.17, 15) is 4.79 Å². The van der Waals surface area contributed by atoms with E-state index in [1.54, 1.807) is 17.5 Å². The fraction of sp³-hybridized carbons (Fsp3) is 0.840. The summed E-state index contributed by atoms with van der Waals surface area (Å²) in [6.07, 6.45) is 13.2. The van der Waals surface area contributed by atoms with Crippen molar-refractivity contribution >= 4 is 12.2 Å². The lowest BCUT2D eigenvalue weighted by Gasteiger charge is -2.45. The van der Waals surface area contributed by atoms with Gasteiger partial charge in [-0.3, -0.25) is 9.89 Å². The molecular formula is C25H45N5O. The Balaban J connectivity index is 0.000000135. The van der Waals surface area contributed by atoms with Crippen LogP contribution in [0.25, 0.3) is 0 Å². The van der Waals surface area contributed by atoms with Crippen LogP contribution in [0.5, 0.6) is 0 Å². The summed E-state index contributed by atoms with van der Waals surface area (Å²) in [4.78, 5) is 21.6. The first-order valence-electron chi connectivity index (χ1n) is 12.4. The summed E-state index contributed by atoms with van der Waals surface area (Å²) in [5, 5.41) is 2.71. The Morgan fingerprint density at radius 2 is 1.71 bits per heavy atom. The predicted molar refractivity (Wildman–Crippen MR) is 130 cm³/mol. The lowest BCUT2D eigenvalue weighted by atomic mass is 9.77. The molecule has 0 aromatic carbocycles. The standard InChI is InChI=1S/C11H21N.C9H14N2.C5H10N2O/c1-9-7-8-10-5-3-4-6-11(10)12(9)2;1-7-5-8-3-4-10-9(8)6-11(7)2;1-4-3-6-5(8)7(4)2/h9-11H,3-8H2,1-2H3;4,7H,3,5-6H2,1-2H3;4H,3H2,1-2H3,(H,6,8). The van der Waals surface area contributed by atoms with Crippen LogP contribution < -0.4 is 5.32 Å². The predicted octanol–water partition coefficient (Wildman–Crippen LogP) is 4.13. The first-order chi connectivity index (χ1) is 14.8. The highest BCUT2D eigenvalue weighted by atomic mass is 16.2. The number of urea groups is 1. The van der Waals surface area contributed by atoms with Crippen LogP contribution in [0.2, 0.25) is 0 Å². The zero-order chi connectivity index (χ0) is 22.5. The molecule has 4 aliphatic heterocycles. The number of likely N-dealkylation sites (N-methyl/N-ethyl adjacent to an activating group) is 2. The van der Waals surface area contributed by atoms with Gasteiger partial charge < -0.3 is 15.1 Å². The molecule has 6 nitrogen and oxygen atoms in total. The highest BCUT2D eigenvalue weighted by Crippen LogP contribution is 2.36. The minimum absolute atomic E-state index is 0.0394. The van der Waals surface area contributed by atoms with Gasteiger partial charge in [0, 0.05) is 56.9 Å². The summed E-state index contributed by atoms with van der Waals surface area (Å²) in [7, 11) is 6.29. The van der Waals surface area contributed by atoms with Gasteiger partial charge in [0.1, 0.15) is 0 Å². The van der Waals surface area contributed by atoms with Crippen molar-refractivity contribution in [1.82, 2.24) is 20.0 Å². The molecule has 5 aliphatic rings. The van der Waals surface area contributed by atoms with E-state index in [1.165, 1.54) is 50.6 Å². The first kappa shape index (κ1) is 24.2. The Hall–Kier alpha value is -1.40. The van der Waals surface area contributed by atoms with Crippen LogP contribution in [0.15, 0.2) is 16.3 Å². The number of aliphatic imine (C=N–C) groups is 1. The molecule has 6 heteroatoms. The number of carbonyl (C=O) groups is 1. The van der Waals surface area contributed by atoms with Crippen LogP contribution >= 0.6 is 0 Å². The summed E-state index contributed by atoms with van der Waals surface area (Å²) in [5.41, 5.74) is 2.89. The van der Waals surface area contributed by atoms with Gasteiger partial charge in [0.15, 0.2) is 0 Å². The van der Waals surface area contributed by atoms with Gasteiger partial charge in [-0.25, -0.2) is 4.79 Å². The van der Waals surface area contributed by atoms with Crippen LogP contribution in [-0.2, 0) is 0 Å². The van der Waals surface area contributed by atoms with Crippen molar-refractivity contribution in [2.24, 2.45) is 10.9 Å². The van der Waals surface area contributed by atoms with Crippen LogP contribution in [0.4, 0.5) is 4.79 Å². The average molecular weight is 432 g/mol. The van der Waals surface area contributed by atoms with E-state index in [1.807, 2.05) is 13.1 Å². The summed E-state index contributed by atoms with van der Waals surface area (Å²) < 4.78 is 0. The Labute approximate surface area is 190 Å².